The first-order valence-electron chi connectivity index (χ1n) is 9.29. The van der Waals surface area contributed by atoms with Gasteiger partial charge in [0.1, 0.15) is 18.1 Å². The molecule has 0 aromatic rings. The molecular weight excluding hydrogens is 450 g/mol. The van der Waals surface area contributed by atoms with Crippen LogP contribution in [0.5, 0.6) is 0 Å². The van der Waals surface area contributed by atoms with Gasteiger partial charge in [0, 0.05) is 18.1 Å². The molecule has 5 unspecified atom stereocenters. The van der Waals surface area contributed by atoms with E-state index in [4.69, 9.17) is 22.3 Å². The summed E-state index contributed by atoms with van der Waals surface area (Å²) in [5.74, 6) is -3.99. The van der Waals surface area contributed by atoms with E-state index in [9.17, 15) is 24.3 Å². The number of nitrogens with zero attached hydrogens (tertiary/aromatic N) is 1. The van der Waals surface area contributed by atoms with Crippen LogP contribution in [0, 0.1) is 0 Å². The lowest BCUT2D eigenvalue weighted by Gasteiger charge is -2.26. The molecule has 0 fully saturated rings. The average Bonchev–Trinajstić information content (AvgIpc) is 2.70. The predicted octanol–water partition coefficient (Wildman–Crippen LogP) is -3.85. The van der Waals surface area contributed by atoms with E-state index in [2.05, 4.69) is 46.2 Å². The zero-order valence-electron chi connectivity index (χ0n) is 17.0. The molecule has 3 amide bonds. The first-order valence-corrected chi connectivity index (χ1v) is 10.6. The highest BCUT2D eigenvalue weighted by molar-refractivity contribution is 7.80. The zero-order chi connectivity index (χ0) is 24.1. The molecule has 11 N–H and O–H groups in total. The van der Waals surface area contributed by atoms with Crippen LogP contribution in [0.3, 0.4) is 0 Å². The monoisotopic (exact) mass is 481 g/mol. The second kappa shape index (κ2) is 14.7. The molecule has 0 saturated carbocycles. The molecule has 178 valence electrons. The van der Waals surface area contributed by atoms with Crippen molar-refractivity contribution in [3.63, 3.8) is 0 Å². The summed E-state index contributed by atoms with van der Waals surface area (Å²) in [6, 6.07) is -4.90. The third-order valence-corrected chi connectivity index (χ3v) is 4.73. The number of aliphatic carboxylic acids is 1. The minimum Gasteiger partial charge on any atom is -0.480 e. The number of nitrogens with one attached hydrogen (secondary N) is 3. The maximum absolute atomic E-state index is 12.7. The number of carboxylic acids is 1. The van der Waals surface area contributed by atoms with Gasteiger partial charge in [-0.1, -0.05) is 0 Å². The van der Waals surface area contributed by atoms with Gasteiger partial charge in [-0.15, -0.1) is 0 Å². The summed E-state index contributed by atoms with van der Waals surface area (Å²) >= 11 is 7.77. The highest BCUT2D eigenvalue weighted by Crippen LogP contribution is 2.03. The molecule has 5 atom stereocenters. The second-order valence-corrected chi connectivity index (χ2v) is 7.34. The Bertz CT molecular complexity index is 660. The van der Waals surface area contributed by atoms with Gasteiger partial charge in [0.2, 0.25) is 17.7 Å². The number of hydrogen-bond donors (Lipinski definition) is 10. The minimum absolute atomic E-state index is 0.0100. The van der Waals surface area contributed by atoms with Gasteiger partial charge < -0.3 is 43.4 Å². The Balaban J connectivity index is 5.40. The first kappa shape index (κ1) is 28.8. The number of aliphatic imine (C=N–C) groups is 1. The number of carboxylic acid groups (broad SMARTS) is 1. The summed E-state index contributed by atoms with van der Waals surface area (Å²) in [5, 5.41) is 26.0. The Labute approximate surface area is 190 Å². The molecule has 0 radical (unpaired) electrons. The topological polar surface area (TPSA) is 235 Å². The number of aliphatic hydroxyl groups excluding tert-OH is 1. The molecule has 0 rings (SSSR count). The number of hydrogen-bond acceptors (Lipinski definition) is 9. The van der Waals surface area contributed by atoms with Gasteiger partial charge in [-0.2, -0.15) is 25.3 Å². The summed E-state index contributed by atoms with van der Waals surface area (Å²) in [6.45, 7) is 1.43. The molecular formula is C16H31N7O6S2. The molecule has 0 saturated heterocycles. The quantitative estimate of drug-likeness (QED) is 0.0505. The summed E-state index contributed by atoms with van der Waals surface area (Å²) in [4.78, 5) is 52.1. The number of carbonyl (C=O) groups excluding carboxylic acids is 3. The Morgan fingerprint density at radius 1 is 0.968 bits per heavy atom. The van der Waals surface area contributed by atoms with Crippen molar-refractivity contribution in [2.75, 3.05) is 18.1 Å². The van der Waals surface area contributed by atoms with Crippen LogP contribution in [0.15, 0.2) is 4.99 Å². The van der Waals surface area contributed by atoms with Crippen molar-refractivity contribution in [2.45, 2.75) is 50.0 Å². The van der Waals surface area contributed by atoms with Crippen LogP contribution >= 0.6 is 25.3 Å². The second-order valence-electron chi connectivity index (χ2n) is 6.61. The third-order valence-electron chi connectivity index (χ3n) is 3.97. The molecule has 15 heteroatoms. The summed E-state index contributed by atoms with van der Waals surface area (Å²) in [6.07, 6.45) is -1.000. The van der Waals surface area contributed by atoms with Crippen LogP contribution in [0.25, 0.3) is 0 Å². The molecule has 31 heavy (non-hydrogen) atoms. The Morgan fingerprint density at radius 2 is 1.55 bits per heavy atom. The van der Waals surface area contributed by atoms with Crippen LogP contribution in [0.4, 0.5) is 0 Å². The number of rotatable bonds is 14. The van der Waals surface area contributed by atoms with E-state index in [0.717, 1.165) is 0 Å². The van der Waals surface area contributed by atoms with Gasteiger partial charge in [0.15, 0.2) is 5.96 Å². The van der Waals surface area contributed by atoms with Crippen molar-refractivity contribution < 1.29 is 29.4 Å². The average molecular weight is 482 g/mol. The van der Waals surface area contributed by atoms with E-state index >= 15 is 0 Å². The van der Waals surface area contributed by atoms with Crippen LogP contribution in [0.2, 0.25) is 0 Å². The van der Waals surface area contributed by atoms with Gasteiger partial charge in [-0.05, 0) is 19.8 Å². The standard InChI is InChI=1S/C16H31N7O6S2/c1-7(24)11(23-12(25)8(17)5-30)14(27)21-9(3-2-4-20-16(18)19)13(26)22-10(6-31)15(28)29/h7-11,24,30-31H,2-6,17H2,1H3,(H,21,27)(H,22,26)(H,23,25)(H,28,29)(H4,18,19,20). The number of aliphatic hydroxyl groups is 1. The van der Waals surface area contributed by atoms with Crippen molar-refractivity contribution in [1.82, 2.24) is 16.0 Å². The normalized spacial score (nSPS) is 15.5. The van der Waals surface area contributed by atoms with E-state index in [1.807, 2.05) is 0 Å². The van der Waals surface area contributed by atoms with Gasteiger partial charge in [-0.25, -0.2) is 4.79 Å². The molecule has 0 aliphatic rings. The number of nitrogens with two attached hydrogens (primary N) is 3. The third kappa shape index (κ3) is 11.1. The zero-order valence-corrected chi connectivity index (χ0v) is 18.8. The van der Waals surface area contributed by atoms with Crippen molar-refractivity contribution in [3.8, 4) is 0 Å². The first-order chi connectivity index (χ1) is 14.4. The van der Waals surface area contributed by atoms with Gasteiger partial charge in [0.05, 0.1) is 12.1 Å². The van der Waals surface area contributed by atoms with Crippen molar-refractivity contribution in [3.05, 3.63) is 0 Å². The lowest BCUT2D eigenvalue weighted by molar-refractivity contribution is -0.141. The fraction of sp³-hybridized carbons (Fsp3) is 0.688. The predicted molar refractivity (Wildman–Crippen MR) is 121 cm³/mol. The molecule has 0 aliphatic heterocycles. The van der Waals surface area contributed by atoms with E-state index in [-0.39, 0.29) is 36.9 Å². The fourth-order valence-electron chi connectivity index (χ4n) is 2.24. The largest absolute Gasteiger partial charge is 0.480 e. The van der Waals surface area contributed by atoms with E-state index < -0.39 is 54.0 Å². The minimum atomic E-state index is -1.41. The molecule has 0 spiro atoms. The van der Waals surface area contributed by atoms with Crippen molar-refractivity contribution in [2.24, 2.45) is 22.2 Å². The maximum atomic E-state index is 12.7. The number of carbonyl (C=O) groups is 4. The number of amides is 3. The Morgan fingerprint density at radius 3 is 2.00 bits per heavy atom. The smallest absolute Gasteiger partial charge is 0.327 e. The van der Waals surface area contributed by atoms with Crippen LogP contribution in [-0.2, 0) is 19.2 Å². The lowest BCUT2D eigenvalue weighted by atomic mass is 10.1. The SMILES string of the molecule is CC(O)C(NC(=O)C(N)CS)C(=O)NC(CCCN=C(N)N)C(=O)NC(CS)C(=O)O. The highest BCUT2D eigenvalue weighted by Gasteiger charge is 2.31. The van der Waals surface area contributed by atoms with Gasteiger partial charge >= 0.3 is 5.97 Å². The van der Waals surface area contributed by atoms with E-state index in [1.165, 1.54) is 6.92 Å². The number of thiol groups is 2. The molecule has 0 bridgehead atoms. The van der Waals surface area contributed by atoms with E-state index in [0.29, 0.717) is 0 Å². The molecule has 13 nitrogen and oxygen atoms in total. The van der Waals surface area contributed by atoms with E-state index in [1.54, 1.807) is 0 Å². The van der Waals surface area contributed by atoms with Gasteiger partial charge in [0.25, 0.3) is 0 Å². The molecule has 0 aromatic carbocycles. The summed E-state index contributed by atoms with van der Waals surface area (Å²) < 4.78 is 0. The van der Waals surface area contributed by atoms with Crippen LogP contribution in [-0.4, -0.2) is 88.2 Å². The molecule has 0 aliphatic carbocycles. The molecule has 0 heterocycles. The number of guanidine groups is 1. The van der Waals surface area contributed by atoms with Crippen molar-refractivity contribution in [1.29, 1.82) is 0 Å². The Kier molecular flexibility index (Phi) is 13.7. The Hall–Kier alpha value is -2.23. The molecule has 0 aromatic heterocycles. The van der Waals surface area contributed by atoms with Crippen LogP contribution < -0.4 is 33.2 Å². The maximum Gasteiger partial charge on any atom is 0.327 e. The fourth-order valence-corrected chi connectivity index (χ4v) is 2.65. The summed E-state index contributed by atoms with van der Waals surface area (Å²) in [7, 11) is 0. The lowest BCUT2D eigenvalue weighted by Crippen LogP contribution is -2.60. The van der Waals surface area contributed by atoms with Gasteiger partial charge in [-0.3, -0.25) is 19.4 Å². The highest BCUT2D eigenvalue weighted by atomic mass is 32.1. The summed E-state index contributed by atoms with van der Waals surface area (Å²) in [5.41, 5.74) is 16.0. The van der Waals surface area contributed by atoms with Crippen molar-refractivity contribution >= 4 is 54.9 Å². The van der Waals surface area contributed by atoms with Crippen LogP contribution in [0.1, 0.15) is 19.8 Å².